The van der Waals surface area contributed by atoms with E-state index in [9.17, 15) is 0 Å². The maximum atomic E-state index is 2.37. The normalized spacial score (nSPS) is 11.8. The number of rotatable bonds is 6. The van der Waals surface area contributed by atoms with Crippen LogP contribution in [0.1, 0.15) is 22.3 Å². The van der Waals surface area contributed by atoms with E-state index in [4.69, 9.17) is 0 Å². The molecule has 0 N–H and O–H groups in total. The Morgan fingerprint density at radius 1 is 0.315 bits per heavy atom. The summed E-state index contributed by atoms with van der Waals surface area (Å²) < 4.78 is 4.75. The Balaban J connectivity index is 0.915. The average molecular weight is 691 g/mol. The smallest absolute Gasteiger partial charge is 0.0541 e. The fourth-order valence-electron chi connectivity index (χ4n) is 8.11. The fourth-order valence-corrected chi connectivity index (χ4v) is 8.11. The minimum Gasteiger partial charge on any atom is -0.309 e. The zero-order valence-corrected chi connectivity index (χ0v) is 30.4. The van der Waals surface area contributed by atoms with Crippen molar-refractivity contribution >= 4 is 55.8 Å². The standard InChI is InChI=1S/C52H38N2/c1-35-13-27-49-45(31-35)47-33-41(25-29-51(47)53(49)43-9-5-3-6-10-43)39-21-17-37(18-22-39)15-16-38-19-23-40(24-20-38)42-26-30-52-48(34-42)46-32-36(2)14-28-50(46)54(52)44-11-7-4-8-12-44/h3-34H,1-2H3/b16-15+. The van der Waals surface area contributed by atoms with Crippen LogP contribution in [0, 0.1) is 13.8 Å². The van der Waals surface area contributed by atoms with Gasteiger partial charge in [-0.05, 0) is 120 Å². The highest BCUT2D eigenvalue weighted by Gasteiger charge is 2.15. The lowest BCUT2D eigenvalue weighted by Gasteiger charge is -2.08. The summed E-state index contributed by atoms with van der Waals surface area (Å²) in [6.45, 7) is 4.34. The lowest BCUT2D eigenvalue weighted by atomic mass is 10.00. The van der Waals surface area contributed by atoms with E-state index in [0.717, 1.165) is 0 Å². The van der Waals surface area contributed by atoms with Crippen molar-refractivity contribution in [3.8, 4) is 33.6 Å². The molecule has 0 spiro atoms. The molecular formula is C52H38N2. The van der Waals surface area contributed by atoms with Crippen LogP contribution in [0.25, 0.3) is 89.4 Å². The van der Waals surface area contributed by atoms with E-state index >= 15 is 0 Å². The van der Waals surface area contributed by atoms with E-state index in [2.05, 4.69) is 217 Å². The van der Waals surface area contributed by atoms with E-state index in [1.165, 1.54) is 99.5 Å². The first-order chi connectivity index (χ1) is 26.6. The van der Waals surface area contributed by atoms with Crippen molar-refractivity contribution in [2.24, 2.45) is 0 Å². The van der Waals surface area contributed by atoms with Crippen molar-refractivity contribution in [1.82, 2.24) is 9.13 Å². The molecule has 0 radical (unpaired) electrons. The average Bonchev–Trinajstić information content (AvgIpc) is 3.72. The molecule has 256 valence electrons. The van der Waals surface area contributed by atoms with Crippen molar-refractivity contribution in [2.75, 3.05) is 0 Å². The predicted molar refractivity (Wildman–Crippen MR) is 231 cm³/mol. The predicted octanol–water partition coefficient (Wildman–Crippen LogP) is 14.0. The molecule has 0 amide bonds. The Morgan fingerprint density at radius 3 is 1.04 bits per heavy atom. The maximum Gasteiger partial charge on any atom is 0.0541 e. The van der Waals surface area contributed by atoms with Crippen LogP contribution in [0.3, 0.4) is 0 Å². The van der Waals surface area contributed by atoms with Gasteiger partial charge in [-0.3, -0.25) is 0 Å². The summed E-state index contributed by atoms with van der Waals surface area (Å²) in [7, 11) is 0. The molecule has 0 saturated carbocycles. The van der Waals surface area contributed by atoms with Crippen molar-refractivity contribution in [3.05, 3.63) is 204 Å². The molecule has 10 aromatic rings. The van der Waals surface area contributed by atoms with Crippen LogP contribution in [0.2, 0.25) is 0 Å². The third-order valence-corrected chi connectivity index (χ3v) is 10.8. The zero-order chi connectivity index (χ0) is 36.2. The van der Waals surface area contributed by atoms with Gasteiger partial charge in [0.1, 0.15) is 0 Å². The molecule has 0 saturated heterocycles. The lowest BCUT2D eigenvalue weighted by Crippen LogP contribution is -1.93. The third-order valence-electron chi connectivity index (χ3n) is 10.8. The van der Waals surface area contributed by atoms with Gasteiger partial charge in [-0.2, -0.15) is 0 Å². The largest absolute Gasteiger partial charge is 0.309 e. The van der Waals surface area contributed by atoms with Gasteiger partial charge in [0.15, 0.2) is 0 Å². The summed E-state index contributed by atoms with van der Waals surface area (Å²) in [5.41, 5.74) is 17.0. The Hall–Kier alpha value is -6.90. The molecule has 0 aliphatic rings. The molecule has 0 aliphatic carbocycles. The molecular weight excluding hydrogens is 653 g/mol. The van der Waals surface area contributed by atoms with E-state index in [0.29, 0.717) is 0 Å². The molecule has 2 nitrogen and oxygen atoms in total. The molecule has 2 aromatic heterocycles. The maximum absolute atomic E-state index is 2.37. The Bertz CT molecular complexity index is 2810. The number of fused-ring (bicyclic) bond motifs is 6. The van der Waals surface area contributed by atoms with Crippen LogP contribution in [-0.2, 0) is 0 Å². The molecule has 0 atom stereocenters. The van der Waals surface area contributed by atoms with Gasteiger partial charge in [0, 0.05) is 32.9 Å². The van der Waals surface area contributed by atoms with Crippen molar-refractivity contribution in [3.63, 3.8) is 0 Å². The van der Waals surface area contributed by atoms with Crippen LogP contribution in [-0.4, -0.2) is 9.13 Å². The second kappa shape index (κ2) is 12.9. The van der Waals surface area contributed by atoms with Crippen LogP contribution in [0.5, 0.6) is 0 Å². The number of aromatic nitrogens is 2. The number of para-hydroxylation sites is 2. The third kappa shape index (κ3) is 5.52. The van der Waals surface area contributed by atoms with Gasteiger partial charge in [0.2, 0.25) is 0 Å². The summed E-state index contributed by atoms with van der Waals surface area (Å²) in [6.07, 6.45) is 4.40. The number of aryl methyl sites for hydroxylation is 2. The highest BCUT2D eigenvalue weighted by Crippen LogP contribution is 2.37. The number of nitrogens with zero attached hydrogens (tertiary/aromatic N) is 2. The van der Waals surface area contributed by atoms with Gasteiger partial charge in [0.25, 0.3) is 0 Å². The number of hydrogen-bond donors (Lipinski definition) is 0. The monoisotopic (exact) mass is 690 g/mol. The first-order valence-corrected chi connectivity index (χ1v) is 18.7. The number of hydrogen-bond acceptors (Lipinski definition) is 0. The zero-order valence-electron chi connectivity index (χ0n) is 30.4. The van der Waals surface area contributed by atoms with Crippen molar-refractivity contribution < 1.29 is 0 Å². The first-order valence-electron chi connectivity index (χ1n) is 18.7. The Morgan fingerprint density at radius 2 is 0.648 bits per heavy atom. The highest BCUT2D eigenvalue weighted by atomic mass is 15.0. The van der Waals surface area contributed by atoms with Crippen LogP contribution in [0.15, 0.2) is 182 Å². The Labute approximate surface area is 315 Å². The minimum absolute atomic E-state index is 1.18. The van der Waals surface area contributed by atoms with E-state index in [1.807, 2.05) is 0 Å². The van der Waals surface area contributed by atoms with E-state index in [-0.39, 0.29) is 0 Å². The van der Waals surface area contributed by atoms with Crippen LogP contribution < -0.4 is 0 Å². The van der Waals surface area contributed by atoms with E-state index in [1.54, 1.807) is 0 Å². The second-order valence-electron chi connectivity index (χ2n) is 14.4. The molecule has 0 aliphatic heterocycles. The topological polar surface area (TPSA) is 9.86 Å². The van der Waals surface area contributed by atoms with Gasteiger partial charge in [-0.1, -0.05) is 132 Å². The van der Waals surface area contributed by atoms with Crippen LogP contribution in [0.4, 0.5) is 0 Å². The molecule has 0 bridgehead atoms. The molecule has 2 heterocycles. The summed E-state index contributed by atoms with van der Waals surface area (Å²) in [5.74, 6) is 0. The molecule has 0 unspecified atom stereocenters. The highest BCUT2D eigenvalue weighted by molar-refractivity contribution is 6.12. The summed E-state index contributed by atoms with van der Waals surface area (Å²) in [6, 6.07) is 66.4. The van der Waals surface area contributed by atoms with Crippen molar-refractivity contribution in [2.45, 2.75) is 13.8 Å². The van der Waals surface area contributed by atoms with Crippen molar-refractivity contribution in [1.29, 1.82) is 0 Å². The molecule has 2 heteroatoms. The van der Waals surface area contributed by atoms with Gasteiger partial charge >= 0.3 is 0 Å². The molecule has 54 heavy (non-hydrogen) atoms. The summed E-state index contributed by atoms with van der Waals surface area (Å²) in [4.78, 5) is 0. The number of benzene rings is 8. The second-order valence-corrected chi connectivity index (χ2v) is 14.4. The fraction of sp³-hybridized carbons (Fsp3) is 0.0385. The quantitative estimate of drug-likeness (QED) is 0.154. The van der Waals surface area contributed by atoms with Gasteiger partial charge in [-0.25, -0.2) is 0 Å². The molecule has 8 aromatic carbocycles. The summed E-state index contributed by atoms with van der Waals surface area (Å²) in [5, 5.41) is 5.12. The van der Waals surface area contributed by atoms with Gasteiger partial charge in [-0.15, -0.1) is 0 Å². The van der Waals surface area contributed by atoms with Gasteiger partial charge < -0.3 is 9.13 Å². The van der Waals surface area contributed by atoms with E-state index < -0.39 is 0 Å². The first kappa shape index (κ1) is 31.8. The SMILES string of the molecule is Cc1ccc2c(c1)c1cc(-c3ccc(/C=C/c4ccc(-c5ccc6c(c5)c5cc(C)ccc5n6-c5ccccc5)cc4)cc3)ccc1n2-c1ccccc1. The van der Waals surface area contributed by atoms with Gasteiger partial charge in [0.05, 0.1) is 22.1 Å². The lowest BCUT2D eigenvalue weighted by molar-refractivity contribution is 1.18. The molecule has 0 fully saturated rings. The Kier molecular flexibility index (Phi) is 7.63. The van der Waals surface area contributed by atoms with Crippen LogP contribution >= 0.6 is 0 Å². The summed E-state index contributed by atoms with van der Waals surface area (Å²) >= 11 is 0. The molecule has 10 rings (SSSR count). The minimum atomic E-state index is 1.18.